The minimum Gasteiger partial charge on any atom is -0.481 e. The van der Waals surface area contributed by atoms with Crippen LogP contribution in [0.3, 0.4) is 0 Å². The van der Waals surface area contributed by atoms with Gasteiger partial charge in [-0.15, -0.1) is 24.8 Å². The number of nitrogens with two attached hydrogens (primary N) is 3. The SMILES string of the molecule is CCCC[C@H](C)C(=O)N(C)OC.CCCC[C@H](C)C(=O)O.CCCC[C@H](C)C(O)C#N.CCCC[C@H](C)C(O)C(N)=O.CCCC[C@H](C)C=O.CCCC[C@H](N)C(O)C(N)=O.CNOC.Cl.Cl.[C-]#[N+]C(C)(C)O. The zero-order chi connectivity index (χ0) is 57.6. The molecule has 0 saturated carbocycles. The molecule has 0 spiro atoms. The second kappa shape index (κ2) is 66.8. The molecule has 21 heteroatoms. The Morgan fingerprint density at radius 3 is 1.33 bits per heavy atom. The van der Waals surface area contributed by atoms with E-state index in [1.807, 2.05) is 40.7 Å². The minimum absolute atomic E-state index is 0. The van der Waals surface area contributed by atoms with Crippen molar-refractivity contribution in [2.45, 2.75) is 236 Å². The zero-order valence-electron chi connectivity index (χ0n) is 48.5. The predicted molar refractivity (Wildman–Crippen MR) is 300 cm³/mol. The standard InChI is InChI=1S/C9H19NO2.C8H17NO2.C8H15NO.C7H16N2O2.C7H14O2.C7H14O.C4H7NO.C2H7NO.2ClH/c1-5-6-7-8(2)9(11)10(3)12-4;1-3-4-5-6(2)7(10)8(9)11;1-3-4-5-7(2)8(10)6-9;1-2-3-4-5(8)6(10)7(9)11;1-3-4-5-6(2)7(8)9;1-3-4-5-7(2)6-8;1-4(2,6)5-3;1-3-4-2;;/h8H,5-7H2,1-4H3;6-7,10H,3-5H2,1-2H3,(H2,9,11);7-8,10H,3-5H2,1-2H3;5-6,10H,2-4,8H2,1H3,(H2,9,11);6H,3-5H2,1-2H3,(H,8,9);6-7H,3-5H2,1-2H3;6H,1-2H3;3H,1-2H3;2*1H/t8-;6-,7?;7-,8?;5-,6?;6-;7-;;;;/m000000..../s1. The van der Waals surface area contributed by atoms with Crippen LogP contribution in [0, 0.1) is 47.5 Å². The average molecular weight is 1100 g/mol. The van der Waals surface area contributed by atoms with Crippen molar-refractivity contribution in [3.63, 3.8) is 0 Å². The molecule has 0 aromatic carbocycles. The fraction of sp³-hybridized carbons (Fsp3) is 0.865. The second-order valence-corrected chi connectivity index (χ2v) is 18.0. The number of unbranched alkanes of at least 4 members (excludes halogenated alkanes) is 6. The number of halogens is 2. The van der Waals surface area contributed by atoms with Gasteiger partial charge in [0, 0.05) is 45.8 Å². The van der Waals surface area contributed by atoms with Gasteiger partial charge in [0.05, 0.1) is 26.2 Å². The monoisotopic (exact) mass is 1100 g/mol. The van der Waals surface area contributed by atoms with Crippen LogP contribution in [-0.2, 0) is 33.6 Å². The Kier molecular flexibility index (Phi) is 84.5. The lowest BCUT2D eigenvalue weighted by Gasteiger charge is -2.18. The van der Waals surface area contributed by atoms with Crippen molar-refractivity contribution in [2.75, 3.05) is 28.3 Å². The van der Waals surface area contributed by atoms with Crippen molar-refractivity contribution in [1.82, 2.24) is 10.5 Å². The number of amides is 3. The first kappa shape index (κ1) is 92.4. The third kappa shape index (κ3) is 77.8. The van der Waals surface area contributed by atoms with E-state index in [4.69, 9.17) is 59.4 Å². The van der Waals surface area contributed by atoms with Crippen LogP contribution in [0.25, 0.3) is 4.85 Å². The van der Waals surface area contributed by atoms with Crippen molar-refractivity contribution < 1.29 is 59.2 Å². The lowest BCUT2D eigenvalue weighted by atomic mass is 9.98. The number of nitriles is 1. The van der Waals surface area contributed by atoms with Gasteiger partial charge < -0.3 is 52.4 Å². The molecular weight excluding hydrogens is 986 g/mol. The number of aliphatic hydroxyl groups is 4. The largest absolute Gasteiger partial charge is 0.481 e. The van der Waals surface area contributed by atoms with Gasteiger partial charge in [0.25, 0.3) is 0 Å². The lowest BCUT2D eigenvalue weighted by Crippen LogP contribution is -2.43. The van der Waals surface area contributed by atoms with E-state index in [1.165, 1.54) is 38.9 Å². The fourth-order valence-electron chi connectivity index (χ4n) is 4.85. The Labute approximate surface area is 456 Å². The van der Waals surface area contributed by atoms with Gasteiger partial charge in [0.1, 0.15) is 24.6 Å². The number of aliphatic hydroxyl groups excluding tert-OH is 3. The predicted octanol–water partition coefficient (Wildman–Crippen LogP) is 8.69. The summed E-state index contributed by atoms with van der Waals surface area (Å²) >= 11 is 0. The molecule has 0 saturated heterocycles. The Morgan fingerprint density at radius 2 is 1.04 bits per heavy atom. The number of aliphatic carboxylic acids is 1. The summed E-state index contributed by atoms with van der Waals surface area (Å²) in [6.45, 7) is 31.0. The molecule has 0 bridgehead atoms. The number of carbonyl (C=O) groups is 5. The molecule has 9 atom stereocenters. The van der Waals surface area contributed by atoms with Crippen molar-refractivity contribution >= 4 is 54.8 Å². The number of hydrogen-bond donors (Lipinski definition) is 9. The molecule has 3 amide bonds. The highest BCUT2D eigenvalue weighted by atomic mass is 35.5. The number of carboxylic acid groups (broad SMARTS) is 1. The molecule has 3 unspecified atom stereocenters. The average Bonchev–Trinajstić information content (AvgIpc) is 3.35. The summed E-state index contributed by atoms with van der Waals surface area (Å²) in [7, 11) is 6.43. The Balaban J connectivity index is -0.0000000785. The Morgan fingerprint density at radius 1 is 0.712 bits per heavy atom. The highest BCUT2D eigenvalue weighted by Gasteiger charge is 2.20. The van der Waals surface area contributed by atoms with Crippen LogP contribution in [0.5, 0.6) is 0 Å². The summed E-state index contributed by atoms with van der Waals surface area (Å²) < 4.78 is 0. The third-order valence-corrected chi connectivity index (χ3v) is 10.2. The van der Waals surface area contributed by atoms with Gasteiger partial charge in [0.15, 0.2) is 0 Å². The number of hydrogen-bond acceptors (Lipinski definition) is 14. The van der Waals surface area contributed by atoms with Crippen LogP contribution in [0.15, 0.2) is 0 Å². The second-order valence-electron chi connectivity index (χ2n) is 18.0. The van der Waals surface area contributed by atoms with E-state index < -0.39 is 47.9 Å². The van der Waals surface area contributed by atoms with E-state index >= 15 is 0 Å². The molecular formula is C52H111Cl2N7O12. The molecule has 0 aliphatic heterocycles. The molecule has 0 aliphatic carbocycles. The molecule has 73 heavy (non-hydrogen) atoms. The summed E-state index contributed by atoms with van der Waals surface area (Å²) in [6.07, 6.45) is 16.3. The first-order valence-electron chi connectivity index (χ1n) is 25.6. The quantitative estimate of drug-likeness (QED) is 0.0153. The highest BCUT2D eigenvalue weighted by Crippen LogP contribution is 2.13. The van der Waals surface area contributed by atoms with Gasteiger partial charge in [-0.1, -0.05) is 153 Å². The van der Waals surface area contributed by atoms with Crippen LogP contribution in [0.1, 0.15) is 206 Å². The van der Waals surface area contributed by atoms with E-state index in [9.17, 15) is 24.0 Å². The van der Waals surface area contributed by atoms with E-state index in [0.29, 0.717) is 6.42 Å². The maximum Gasteiger partial charge on any atom is 0.329 e. The van der Waals surface area contributed by atoms with E-state index in [-0.39, 0.29) is 60.3 Å². The van der Waals surface area contributed by atoms with E-state index in [1.54, 1.807) is 28.1 Å². The van der Waals surface area contributed by atoms with Gasteiger partial charge in [-0.2, -0.15) is 5.26 Å². The van der Waals surface area contributed by atoms with Gasteiger partial charge in [0.2, 0.25) is 17.7 Å². The van der Waals surface area contributed by atoms with Crippen LogP contribution in [0.2, 0.25) is 0 Å². The molecule has 0 fully saturated rings. The molecule has 12 N–H and O–H groups in total. The molecule has 0 heterocycles. The van der Waals surface area contributed by atoms with Crippen LogP contribution in [-0.4, -0.2) is 119 Å². The number of carboxylic acids is 1. The lowest BCUT2D eigenvalue weighted by molar-refractivity contribution is -0.173. The van der Waals surface area contributed by atoms with Crippen LogP contribution < -0.4 is 22.7 Å². The fourth-order valence-corrected chi connectivity index (χ4v) is 4.85. The Bertz CT molecular complexity index is 1280. The molecule has 0 rings (SSSR count). The van der Waals surface area contributed by atoms with Gasteiger partial charge >= 0.3 is 11.7 Å². The molecule has 0 aliphatic rings. The smallest absolute Gasteiger partial charge is 0.329 e. The number of aldehydes is 1. The number of nitrogens with one attached hydrogen (secondary N) is 1. The van der Waals surface area contributed by atoms with Crippen LogP contribution in [0.4, 0.5) is 0 Å². The summed E-state index contributed by atoms with van der Waals surface area (Å²) in [5.41, 5.74) is 16.5. The van der Waals surface area contributed by atoms with Crippen LogP contribution >= 0.6 is 24.8 Å². The normalized spacial score (nSPS) is 13.4. The number of hydroxylamine groups is 3. The first-order chi connectivity index (χ1) is 33.0. The molecule has 0 radical (unpaired) electrons. The van der Waals surface area contributed by atoms with Gasteiger partial charge in [-0.25, -0.2) is 17.1 Å². The first-order valence-corrected chi connectivity index (χ1v) is 25.6. The molecule has 0 aromatic heterocycles. The van der Waals surface area contributed by atoms with Gasteiger partial charge in [-0.3, -0.25) is 28.9 Å². The maximum absolute atomic E-state index is 11.4. The highest BCUT2D eigenvalue weighted by molar-refractivity contribution is 5.85. The molecule has 440 valence electrons. The maximum atomic E-state index is 11.4. The number of carbonyl (C=O) groups excluding carboxylic acids is 4. The summed E-state index contributed by atoms with van der Waals surface area (Å²) in [6, 6.07) is 1.32. The van der Waals surface area contributed by atoms with Crippen molar-refractivity contribution in [3.8, 4) is 6.07 Å². The van der Waals surface area contributed by atoms with E-state index in [2.05, 4.69) is 49.8 Å². The topological polar surface area (TPSA) is 326 Å². The van der Waals surface area contributed by atoms with Crippen molar-refractivity contribution in [1.29, 1.82) is 5.26 Å². The number of rotatable bonds is 28. The summed E-state index contributed by atoms with van der Waals surface area (Å²) in [5, 5.41) is 53.6. The summed E-state index contributed by atoms with van der Waals surface area (Å²) in [4.78, 5) is 64.4. The van der Waals surface area contributed by atoms with E-state index in [0.717, 1.165) is 103 Å². The minimum atomic E-state index is -1.19. The third-order valence-electron chi connectivity index (χ3n) is 10.2. The van der Waals surface area contributed by atoms with Gasteiger partial charge in [-0.05, 0) is 50.4 Å². The number of primary amides is 2. The molecule has 0 aromatic rings. The summed E-state index contributed by atoms with van der Waals surface area (Å²) in [5.74, 6) is -1.66. The number of nitrogens with zero attached hydrogens (tertiary/aromatic N) is 3. The Hall–Kier alpha value is -3.21. The molecule has 19 nitrogen and oxygen atoms in total. The van der Waals surface area contributed by atoms with Crippen molar-refractivity contribution in [2.24, 2.45) is 46.8 Å². The zero-order valence-corrected chi connectivity index (χ0v) is 50.1. The van der Waals surface area contributed by atoms with Crippen molar-refractivity contribution in [3.05, 3.63) is 11.4 Å².